The number of phenols is 2. The van der Waals surface area contributed by atoms with E-state index in [2.05, 4.69) is 41.5 Å². The first-order valence-corrected chi connectivity index (χ1v) is 12.4. The number of phenolic OH excluding ortho intramolecular Hbond substituents is 2. The molecule has 34 heavy (non-hydrogen) atoms. The van der Waals surface area contributed by atoms with Crippen molar-refractivity contribution < 1.29 is 25.9 Å². The molecule has 5 nitrogen and oxygen atoms in total. The van der Waals surface area contributed by atoms with Gasteiger partial charge in [0.15, 0.2) is 0 Å². The summed E-state index contributed by atoms with van der Waals surface area (Å²) in [5.74, 6) is 0.503. The summed E-state index contributed by atoms with van der Waals surface area (Å²) in [5.41, 5.74) is 3.87. The van der Waals surface area contributed by atoms with Crippen LogP contribution < -0.4 is 0 Å². The minimum atomic E-state index is 0.0115. The van der Waals surface area contributed by atoms with Crippen LogP contribution in [-0.4, -0.2) is 34.7 Å². The fourth-order valence-electron chi connectivity index (χ4n) is 4.04. The molecule has 0 unspecified atom stereocenters. The Morgan fingerprint density at radius 2 is 1.09 bits per heavy atom. The third-order valence-corrected chi connectivity index (χ3v) is 6.29. The van der Waals surface area contributed by atoms with Gasteiger partial charge in [-0.3, -0.25) is 9.98 Å². The van der Waals surface area contributed by atoms with Gasteiger partial charge in [-0.1, -0.05) is 66.5 Å². The molecule has 184 valence electrons. The summed E-state index contributed by atoms with van der Waals surface area (Å²) in [6.45, 7) is 13.0. The van der Waals surface area contributed by atoms with Crippen LogP contribution in [0.3, 0.4) is 0 Å². The first-order valence-electron chi connectivity index (χ1n) is 11.9. The molecule has 1 fully saturated rings. The Bertz CT molecular complexity index is 964. The van der Waals surface area contributed by atoms with E-state index in [0.29, 0.717) is 0 Å². The topological polar surface area (TPSA) is 89.0 Å². The number of aliphatic imine (C=N–C) groups is 2. The molecule has 0 aliphatic heterocycles. The third kappa shape index (κ3) is 7.56. The molecule has 2 aromatic rings. The molecule has 3 rings (SSSR count). The SMILES string of the molecule is CC(C)(C)c1ccc(O)c(C=N[C@@H]2CCCC[C@H]2N=Cc2cc(C(C)(C)C)ccc2O)c1.[N]#[Mn]. The average Bonchev–Trinajstić information content (AvgIpc) is 2.78. The van der Waals surface area contributed by atoms with Crippen molar-refractivity contribution >= 4 is 12.4 Å². The van der Waals surface area contributed by atoms with Gasteiger partial charge < -0.3 is 10.2 Å². The van der Waals surface area contributed by atoms with Gasteiger partial charge in [0.1, 0.15) is 11.5 Å². The molecule has 0 heterocycles. The van der Waals surface area contributed by atoms with E-state index in [0.717, 1.165) is 36.8 Å². The van der Waals surface area contributed by atoms with Crippen molar-refractivity contribution in [3.05, 3.63) is 58.7 Å². The van der Waals surface area contributed by atoms with Crippen LogP contribution in [0.25, 0.3) is 0 Å². The van der Waals surface area contributed by atoms with Crippen LogP contribution >= 0.6 is 0 Å². The molecule has 1 saturated carbocycles. The van der Waals surface area contributed by atoms with Gasteiger partial charge in [-0.2, -0.15) is 0 Å². The number of rotatable bonds is 4. The van der Waals surface area contributed by atoms with Gasteiger partial charge in [0.2, 0.25) is 0 Å². The first kappa shape index (κ1) is 27.9. The molecule has 0 aromatic heterocycles. The average molecular weight is 504 g/mol. The summed E-state index contributed by atoms with van der Waals surface area (Å²) in [5, 5.41) is 20.6. The summed E-state index contributed by atoms with van der Waals surface area (Å²) >= 11 is 1.94. The summed E-state index contributed by atoms with van der Waals surface area (Å²) in [7, 11) is 0. The van der Waals surface area contributed by atoms with Crippen LogP contribution in [0, 0.1) is 4.20 Å². The van der Waals surface area contributed by atoms with Crippen molar-refractivity contribution in [2.24, 2.45) is 9.98 Å². The Morgan fingerprint density at radius 3 is 1.41 bits per heavy atom. The van der Waals surface area contributed by atoms with Crippen LogP contribution in [0.4, 0.5) is 0 Å². The fraction of sp³-hybridized carbons (Fsp3) is 0.500. The molecule has 0 bridgehead atoms. The molecule has 0 radical (unpaired) electrons. The molecule has 6 heteroatoms. The fourth-order valence-corrected chi connectivity index (χ4v) is 4.04. The van der Waals surface area contributed by atoms with Crippen molar-refractivity contribution in [3.8, 4) is 11.5 Å². The minimum absolute atomic E-state index is 0.0115. The van der Waals surface area contributed by atoms with Gasteiger partial charge in [-0.15, -0.1) is 0 Å². The second-order valence-corrected chi connectivity index (χ2v) is 11.0. The van der Waals surface area contributed by atoms with Gasteiger partial charge in [-0.05, 0) is 59.1 Å². The number of hydrogen-bond donors (Lipinski definition) is 2. The summed E-state index contributed by atoms with van der Waals surface area (Å²) < 4.78 is 6.81. The maximum atomic E-state index is 10.3. The van der Waals surface area contributed by atoms with Crippen LogP contribution in [0.2, 0.25) is 0 Å². The number of benzene rings is 2. The van der Waals surface area contributed by atoms with Crippen LogP contribution in [0.15, 0.2) is 46.4 Å². The van der Waals surface area contributed by atoms with Gasteiger partial charge in [0, 0.05) is 23.6 Å². The standard InChI is InChI=1S/C28H38N2O2.Mn.N/c1-27(2,3)21-11-13-25(31)19(15-21)17-29-23-9-7-8-10-24(23)30-18-20-16-22(28(4,5)6)12-14-26(20)32;;/h11-18,23-24,31-32H,7-10H2,1-6H3;;/t23-,24-;;/m1../s1. The zero-order valence-electron chi connectivity index (χ0n) is 21.2. The molecule has 1 aliphatic carbocycles. The normalized spacial score (nSPS) is 19.2. The maximum absolute atomic E-state index is 10.3. The van der Waals surface area contributed by atoms with E-state index in [1.807, 2.05) is 39.9 Å². The molecular formula is C28H38MnN3O2. The predicted molar refractivity (Wildman–Crippen MR) is 137 cm³/mol. The number of nitrogens with zero attached hydrogens (tertiary/aromatic N) is 3. The van der Waals surface area contributed by atoms with Crippen molar-refractivity contribution in [1.82, 2.24) is 0 Å². The molecule has 2 N–H and O–H groups in total. The zero-order valence-corrected chi connectivity index (χ0v) is 22.4. The van der Waals surface area contributed by atoms with E-state index in [4.69, 9.17) is 14.2 Å². The second kappa shape index (κ2) is 11.8. The molecule has 0 amide bonds. The van der Waals surface area contributed by atoms with Crippen molar-refractivity contribution in [2.45, 2.75) is 90.1 Å². The van der Waals surface area contributed by atoms with Gasteiger partial charge in [-0.25, -0.2) is 0 Å². The van der Waals surface area contributed by atoms with Crippen LogP contribution in [-0.2, 0) is 26.5 Å². The van der Waals surface area contributed by atoms with E-state index in [9.17, 15) is 10.2 Å². The molecule has 2 aromatic carbocycles. The van der Waals surface area contributed by atoms with Gasteiger partial charge >= 0.3 is 19.8 Å². The first-order chi connectivity index (χ1) is 15.9. The molecule has 2 atom stereocenters. The molecule has 0 spiro atoms. The second-order valence-electron chi connectivity index (χ2n) is 11.0. The van der Waals surface area contributed by atoms with Crippen molar-refractivity contribution in [1.29, 1.82) is 4.20 Å². The monoisotopic (exact) mass is 503 g/mol. The Balaban J connectivity index is 0.00000199. The van der Waals surface area contributed by atoms with E-state index >= 15 is 0 Å². The Kier molecular flexibility index (Phi) is 9.70. The molecule has 1 aliphatic rings. The van der Waals surface area contributed by atoms with E-state index in [-0.39, 0.29) is 34.4 Å². The summed E-state index contributed by atoms with van der Waals surface area (Å²) in [4.78, 5) is 9.70. The van der Waals surface area contributed by atoms with Gasteiger partial charge in [0.05, 0.1) is 12.1 Å². The van der Waals surface area contributed by atoms with Gasteiger partial charge in [0.25, 0.3) is 0 Å². The predicted octanol–water partition coefficient (Wildman–Crippen LogP) is 6.55. The van der Waals surface area contributed by atoms with E-state index < -0.39 is 0 Å². The Hall–Kier alpha value is -2.39. The zero-order chi connectivity index (χ0) is 25.5. The summed E-state index contributed by atoms with van der Waals surface area (Å²) in [6, 6.07) is 11.6. The van der Waals surface area contributed by atoms with E-state index in [1.54, 1.807) is 24.6 Å². The Labute approximate surface area is 212 Å². The number of aromatic hydroxyl groups is 2. The molecule has 0 saturated heterocycles. The molecular weight excluding hydrogens is 465 g/mol. The van der Waals surface area contributed by atoms with Crippen molar-refractivity contribution in [2.75, 3.05) is 0 Å². The van der Waals surface area contributed by atoms with E-state index in [1.165, 1.54) is 11.1 Å². The third-order valence-electron chi connectivity index (χ3n) is 6.29. The van der Waals surface area contributed by atoms with Crippen molar-refractivity contribution in [3.63, 3.8) is 0 Å². The number of hydrogen-bond acceptors (Lipinski definition) is 5. The van der Waals surface area contributed by atoms with Crippen LogP contribution in [0.1, 0.15) is 89.5 Å². The summed E-state index contributed by atoms with van der Waals surface area (Å²) in [6.07, 6.45) is 7.83. The quantitative estimate of drug-likeness (QED) is 0.366. The van der Waals surface area contributed by atoms with Crippen LogP contribution in [0.5, 0.6) is 11.5 Å². The Morgan fingerprint density at radius 1 is 0.735 bits per heavy atom.